The summed E-state index contributed by atoms with van der Waals surface area (Å²) < 4.78 is 13.8. The van der Waals surface area contributed by atoms with Gasteiger partial charge in [-0.25, -0.2) is 9.59 Å². The normalized spacial score (nSPS) is 17.9. The smallest absolute Gasteiger partial charge is 0.410 e. The number of rotatable bonds is 4. The molecule has 5 rings (SSSR count). The molecule has 1 unspecified atom stereocenters. The second kappa shape index (κ2) is 9.91. The topological polar surface area (TPSA) is 103 Å². The van der Waals surface area contributed by atoms with Crippen LogP contribution in [0.25, 0.3) is 11.0 Å². The number of fused-ring (bicyclic) bond motifs is 3. The van der Waals surface area contributed by atoms with Crippen LogP contribution in [0.5, 0.6) is 5.75 Å². The van der Waals surface area contributed by atoms with Crippen molar-refractivity contribution < 1.29 is 23.9 Å². The van der Waals surface area contributed by atoms with Crippen molar-refractivity contribution in [2.24, 2.45) is 7.05 Å². The quantitative estimate of drug-likeness (QED) is 0.475. The molecule has 2 aliphatic heterocycles. The van der Waals surface area contributed by atoms with Crippen LogP contribution in [0.4, 0.5) is 4.79 Å². The standard InChI is InChI=1S/C29H34N4O6/c1-29(2,3)39-28(37)31-15-14-19-8-11-22-25(21(19)17-31)30(4)27(36)33(22)23-12-13-24(34)32(26(23)35)16-18-6-9-20(38-5)10-7-18/h6-11,23H,12-17H2,1-5H3. The molecule has 2 aliphatic rings. The van der Waals surface area contributed by atoms with E-state index in [0.717, 1.165) is 16.7 Å². The number of amides is 3. The first-order valence-corrected chi connectivity index (χ1v) is 13.1. The van der Waals surface area contributed by atoms with Crippen LogP contribution in [0.2, 0.25) is 0 Å². The van der Waals surface area contributed by atoms with E-state index in [1.807, 2.05) is 45.0 Å². The molecule has 1 fully saturated rings. The van der Waals surface area contributed by atoms with E-state index in [-0.39, 0.29) is 31.0 Å². The number of nitrogens with zero attached hydrogens (tertiary/aromatic N) is 4. The molecule has 0 radical (unpaired) electrons. The van der Waals surface area contributed by atoms with Gasteiger partial charge in [0.15, 0.2) is 0 Å². The van der Waals surface area contributed by atoms with Crippen molar-refractivity contribution in [2.45, 2.75) is 64.8 Å². The SMILES string of the molecule is COc1ccc(CN2C(=O)CCC(n3c(=O)n(C)c4c5c(ccc43)CCN(C(=O)OC(C)(C)C)C5)C2=O)cc1. The van der Waals surface area contributed by atoms with Crippen LogP contribution in [-0.2, 0) is 40.9 Å². The number of hydrogen-bond donors (Lipinski definition) is 0. The third-order valence-electron chi connectivity index (χ3n) is 7.39. The highest BCUT2D eigenvalue weighted by atomic mass is 16.6. The Morgan fingerprint density at radius 3 is 2.41 bits per heavy atom. The van der Waals surface area contributed by atoms with Crippen LogP contribution in [-0.4, -0.2) is 56.1 Å². The fourth-order valence-corrected chi connectivity index (χ4v) is 5.45. The van der Waals surface area contributed by atoms with Gasteiger partial charge >= 0.3 is 11.8 Å². The number of carbonyl (C=O) groups excluding carboxylic acids is 3. The molecule has 10 heteroatoms. The first kappa shape index (κ1) is 26.5. The Balaban J connectivity index is 1.49. The van der Waals surface area contributed by atoms with E-state index >= 15 is 0 Å². The lowest BCUT2D eigenvalue weighted by Gasteiger charge is -2.32. The van der Waals surface area contributed by atoms with Crippen LogP contribution >= 0.6 is 0 Å². The van der Waals surface area contributed by atoms with Gasteiger partial charge in [0.1, 0.15) is 17.4 Å². The molecule has 0 N–H and O–H groups in total. The van der Waals surface area contributed by atoms with Crippen molar-refractivity contribution in [1.82, 2.24) is 18.9 Å². The summed E-state index contributed by atoms with van der Waals surface area (Å²) in [4.78, 5) is 55.7. The Labute approximate surface area is 226 Å². The monoisotopic (exact) mass is 534 g/mol. The maximum Gasteiger partial charge on any atom is 0.410 e. The maximum absolute atomic E-state index is 13.7. The summed E-state index contributed by atoms with van der Waals surface area (Å²) in [5.74, 6) is 0.0271. The lowest BCUT2D eigenvalue weighted by molar-refractivity contribution is -0.151. The number of hydrogen-bond acceptors (Lipinski definition) is 6. The lowest BCUT2D eigenvalue weighted by atomic mass is 9.97. The molecule has 10 nitrogen and oxygen atoms in total. The van der Waals surface area contributed by atoms with Gasteiger partial charge in [-0.05, 0) is 62.9 Å². The van der Waals surface area contributed by atoms with Gasteiger partial charge in [-0.3, -0.25) is 23.6 Å². The highest BCUT2D eigenvalue weighted by Gasteiger charge is 2.38. The van der Waals surface area contributed by atoms with Crippen molar-refractivity contribution in [3.63, 3.8) is 0 Å². The van der Waals surface area contributed by atoms with E-state index in [4.69, 9.17) is 9.47 Å². The number of likely N-dealkylation sites (tertiary alicyclic amines) is 1. The second-order valence-electron chi connectivity index (χ2n) is 11.2. The summed E-state index contributed by atoms with van der Waals surface area (Å²) >= 11 is 0. The molecule has 3 aromatic rings. The number of carbonyl (C=O) groups is 3. The van der Waals surface area contributed by atoms with E-state index in [1.54, 1.807) is 35.8 Å². The number of ether oxygens (including phenoxy) is 2. The van der Waals surface area contributed by atoms with Gasteiger partial charge in [0.05, 0.1) is 31.2 Å². The highest BCUT2D eigenvalue weighted by molar-refractivity contribution is 6.00. The largest absolute Gasteiger partial charge is 0.497 e. The van der Waals surface area contributed by atoms with Crippen molar-refractivity contribution in [1.29, 1.82) is 0 Å². The number of aryl methyl sites for hydroxylation is 1. The number of imidazole rings is 1. The number of aromatic nitrogens is 2. The van der Waals surface area contributed by atoms with E-state index in [0.29, 0.717) is 36.3 Å². The third kappa shape index (κ3) is 4.91. The fourth-order valence-electron chi connectivity index (χ4n) is 5.45. The molecule has 0 spiro atoms. The van der Waals surface area contributed by atoms with E-state index < -0.39 is 23.6 Å². The Morgan fingerprint density at radius 2 is 1.74 bits per heavy atom. The molecule has 1 atom stereocenters. The highest BCUT2D eigenvalue weighted by Crippen LogP contribution is 2.32. The van der Waals surface area contributed by atoms with Crippen molar-refractivity contribution in [3.05, 3.63) is 63.6 Å². The zero-order chi connectivity index (χ0) is 28.1. The van der Waals surface area contributed by atoms with Crippen LogP contribution in [0.3, 0.4) is 0 Å². The third-order valence-corrected chi connectivity index (χ3v) is 7.39. The Kier molecular flexibility index (Phi) is 6.74. The number of piperidine rings is 1. The van der Waals surface area contributed by atoms with Crippen LogP contribution in [0.1, 0.15) is 56.3 Å². The average molecular weight is 535 g/mol. The molecule has 0 bridgehead atoms. The zero-order valence-electron chi connectivity index (χ0n) is 23.0. The Morgan fingerprint density at radius 1 is 1.03 bits per heavy atom. The summed E-state index contributed by atoms with van der Waals surface area (Å²) in [5, 5.41) is 0. The van der Waals surface area contributed by atoms with Gasteiger partial charge in [-0.1, -0.05) is 18.2 Å². The first-order valence-electron chi connectivity index (χ1n) is 13.1. The van der Waals surface area contributed by atoms with Crippen LogP contribution in [0, 0.1) is 0 Å². The van der Waals surface area contributed by atoms with Gasteiger partial charge < -0.3 is 14.4 Å². The van der Waals surface area contributed by atoms with Gasteiger partial charge in [0.25, 0.3) is 5.91 Å². The predicted octanol–water partition coefficient (Wildman–Crippen LogP) is 3.53. The maximum atomic E-state index is 13.7. The molecule has 2 aromatic carbocycles. The molecule has 1 saturated heterocycles. The van der Waals surface area contributed by atoms with E-state index in [2.05, 4.69) is 0 Å². The first-order chi connectivity index (χ1) is 18.5. The van der Waals surface area contributed by atoms with Crippen molar-refractivity contribution in [3.8, 4) is 5.75 Å². The van der Waals surface area contributed by atoms with Crippen molar-refractivity contribution >= 4 is 28.9 Å². The zero-order valence-corrected chi connectivity index (χ0v) is 23.0. The van der Waals surface area contributed by atoms with E-state index in [1.165, 1.54) is 9.47 Å². The van der Waals surface area contributed by atoms with Crippen molar-refractivity contribution in [2.75, 3.05) is 13.7 Å². The van der Waals surface area contributed by atoms with Crippen LogP contribution < -0.4 is 10.4 Å². The summed E-state index contributed by atoms with van der Waals surface area (Å²) in [6.07, 6.45) is 0.643. The summed E-state index contributed by atoms with van der Waals surface area (Å²) in [5.41, 5.74) is 3.08. The summed E-state index contributed by atoms with van der Waals surface area (Å²) in [6.45, 7) is 6.43. The molecule has 39 heavy (non-hydrogen) atoms. The molecule has 0 saturated carbocycles. The van der Waals surface area contributed by atoms with Gasteiger partial charge in [-0.2, -0.15) is 0 Å². The molecule has 3 amide bonds. The van der Waals surface area contributed by atoms with Gasteiger partial charge in [0.2, 0.25) is 5.91 Å². The minimum atomic E-state index is -0.805. The second-order valence-corrected chi connectivity index (χ2v) is 11.2. The molecule has 206 valence electrons. The number of methoxy groups -OCH3 is 1. The van der Waals surface area contributed by atoms with E-state index in [9.17, 15) is 19.2 Å². The molecule has 3 heterocycles. The number of imide groups is 1. The molecular weight excluding hydrogens is 500 g/mol. The average Bonchev–Trinajstić information content (AvgIpc) is 3.15. The molecule has 0 aliphatic carbocycles. The minimum Gasteiger partial charge on any atom is -0.497 e. The Hall–Kier alpha value is -4.08. The van der Waals surface area contributed by atoms with Gasteiger partial charge in [0, 0.05) is 25.6 Å². The summed E-state index contributed by atoms with van der Waals surface area (Å²) in [7, 11) is 3.26. The predicted molar refractivity (Wildman–Crippen MR) is 144 cm³/mol. The molecule has 1 aromatic heterocycles. The summed E-state index contributed by atoms with van der Waals surface area (Å²) in [6, 6.07) is 10.2. The number of benzene rings is 2. The molecular formula is C29H34N4O6. The van der Waals surface area contributed by atoms with Gasteiger partial charge in [-0.15, -0.1) is 0 Å². The Bertz CT molecular complexity index is 1510. The minimum absolute atomic E-state index is 0.123. The van der Waals surface area contributed by atoms with Crippen LogP contribution in [0.15, 0.2) is 41.2 Å². The lowest BCUT2D eigenvalue weighted by Crippen LogP contribution is -2.47. The fraction of sp³-hybridized carbons (Fsp3) is 0.448.